The highest BCUT2D eigenvalue weighted by Crippen LogP contribution is 2.29. The van der Waals surface area contributed by atoms with Gasteiger partial charge in [0, 0.05) is 12.5 Å². The van der Waals surface area contributed by atoms with Gasteiger partial charge in [0.1, 0.15) is 11.6 Å². The van der Waals surface area contributed by atoms with Gasteiger partial charge in [-0.3, -0.25) is 9.59 Å². The maximum Gasteiger partial charge on any atom is 0.408 e. The average molecular weight is 504 g/mol. The molecule has 36 heavy (non-hydrogen) atoms. The van der Waals surface area contributed by atoms with Crippen LogP contribution in [0.3, 0.4) is 0 Å². The Labute approximate surface area is 213 Å². The molecule has 9 nitrogen and oxygen atoms in total. The molecule has 0 radical (unpaired) electrons. The number of hydrogen-bond donors (Lipinski definition) is 4. The van der Waals surface area contributed by atoms with Gasteiger partial charge >= 0.3 is 12.1 Å². The first kappa shape index (κ1) is 29.1. The zero-order valence-electron chi connectivity index (χ0n) is 22.0. The Hall–Kier alpha value is -3.10. The molecular formula is C27H41N3O6. The summed E-state index contributed by atoms with van der Waals surface area (Å²) in [7, 11) is 0. The lowest BCUT2D eigenvalue weighted by Gasteiger charge is -2.30. The number of hydrogen-bond acceptors (Lipinski definition) is 5. The quantitative estimate of drug-likeness (QED) is 0.384. The topological polar surface area (TPSA) is 134 Å². The number of carbonyl (C=O) groups excluding carboxylic acids is 3. The number of alkyl carbamates (subject to hydrolysis) is 1. The Morgan fingerprint density at radius 2 is 1.64 bits per heavy atom. The Kier molecular flexibility index (Phi) is 10.7. The van der Waals surface area contributed by atoms with Gasteiger partial charge in [-0.2, -0.15) is 0 Å². The average Bonchev–Trinajstić information content (AvgIpc) is 2.83. The van der Waals surface area contributed by atoms with Gasteiger partial charge in [0.05, 0.1) is 0 Å². The second-order valence-electron chi connectivity index (χ2n) is 10.7. The van der Waals surface area contributed by atoms with Crippen molar-refractivity contribution in [3.05, 3.63) is 35.9 Å². The summed E-state index contributed by atoms with van der Waals surface area (Å²) in [5, 5.41) is 17.9. The minimum atomic E-state index is -1.10. The molecule has 0 bridgehead atoms. The third-order valence-corrected chi connectivity index (χ3v) is 6.62. The molecule has 4 N–H and O–H groups in total. The molecule has 3 amide bonds. The first-order chi connectivity index (χ1) is 16.9. The van der Waals surface area contributed by atoms with E-state index in [9.17, 15) is 24.3 Å². The highest BCUT2D eigenvalue weighted by atomic mass is 16.6. The summed E-state index contributed by atoms with van der Waals surface area (Å²) in [6, 6.07) is 6.87. The molecule has 0 heterocycles. The largest absolute Gasteiger partial charge is 0.479 e. The number of nitrogens with one attached hydrogen (secondary N) is 3. The molecule has 0 spiro atoms. The smallest absolute Gasteiger partial charge is 0.408 e. The molecule has 0 aliphatic heterocycles. The Morgan fingerprint density at radius 1 is 1.03 bits per heavy atom. The maximum absolute atomic E-state index is 12.9. The van der Waals surface area contributed by atoms with Crippen LogP contribution in [0.4, 0.5) is 4.79 Å². The van der Waals surface area contributed by atoms with Crippen molar-refractivity contribution >= 4 is 23.9 Å². The van der Waals surface area contributed by atoms with Crippen LogP contribution in [-0.2, 0) is 19.1 Å². The van der Waals surface area contributed by atoms with E-state index in [0.29, 0.717) is 31.4 Å². The van der Waals surface area contributed by atoms with E-state index < -0.39 is 29.7 Å². The normalized spacial score (nSPS) is 20.4. The molecule has 0 saturated heterocycles. The fourth-order valence-electron chi connectivity index (χ4n) is 4.31. The van der Waals surface area contributed by atoms with Crippen LogP contribution < -0.4 is 16.0 Å². The fourth-order valence-corrected chi connectivity index (χ4v) is 4.31. The molecule has 1 saturated carbocycles. The van der Waals surface area contributed by atoms with Gasteiger partial charge in [0.2, 0.25) is 11.8 Å². The van der Waals surface area contributed by atoms with Crippen LogP contribution in [-0.4, -0.2) is 47.2 Å². The fraction of sp³-hybridized carbons (Fsp3) is 0.630. The van der Waals surface area contributed by atoms with Gasteiger partial charge in [0.25, 0.3) is 0 Å². The molecule has 1 aromatic rings. The van der Waals surface area contributed by atoms with Crippen molar-refractivity contribution < 1.29 is 29.0 Å². The second kappa shape index (κ2) is 13.3. The van der Waals surface area contributed by atoms with E-state index in [-0.39, 0.29) is 29.6 Å². The summed E-state index contributed by atoms with van der Waals surface area (Å²) in [4.78, 5) is 49.6. The van der Waals surface area contributed by atoms with Gasteiger partial charge in [-0.15, -0.1) is 0 Å². The molecule has 0 aromatic heterocycles. The monoisotopic (exact) mass is 503 g/mol. The van der Waals surface area contributed by atoms with Crippen LogP contribution in [0.2, 0.25) is 0 Å². The van der Waals surface area contributed by atoms with E-state index in [0.717, 1.165) is 12.8 Å². The highest BCUT2D eigenvalue weighted by Gasteiger charge is 2.32. The molecule has 1 aliphatic carbocycles. The first-order valence-electron chi connectivity index (χ1n) is 12.8. The SMILES string of the molecule is CCC(C)[C@H](NC(=O)OC(C)(C)C)C(=O)NCC1CCC(C(=O)N[C@@H](C(=O)O)c2ccccc2)CC1. The van der Waals surface area contributed by atoms with Crippen LogP contribution in [0.15, 0.2) is 30.3 Å². The number of aliphatic carboxylic acids is 1. The standard InChI is InChI=1S/C27H41N3O6/c1-6-17(2)21(30-26(35)36-27(3,4)5)24(32)28-16-18-12-14-20(15-13-18)23(31)29-22(25(33)34)19-10-8-7-9-11-19/h7-11,17-18,20-22H,6,12-16H2,1-5H3,(H,28,32)(H,29,31)(H,30,35)(H,33,34)/t17?,18?,20?,21-,22+/m0/s1. The lowest BCUT2D eigenvalue weighted by Crippen LogP contribution is -2.52. The molecule has 1 fully saturated rings. The lowest BCUT2D eigenvalue weighted by atomic mass is 9.81. The molecular weight excluding hydrogens is 462 g/mol. The highest BCUT2D eigenvalue weighted by molar-refractivity contribution is 5.86. The van der Waals surface area contributed by atoms with Crippen LogP contribution in [0.5, 0.6) is 0 Å². The van der Waals surface area contributed by atoms with E-state index >= 15 is 0 Å². The van der Waals surface area contributed by atoms with Crippen molar-refractivity contribution in [1.29, 1.82) is 0 Å². The second-order valence-corrected chi connectivity index (χ2v) is 10.7. The molecule has 2 rings (SSSR count). The van der Waals surface area contributed by atoms with Crippen molar-refractivity contribution in [2.24, 2.45) is 17.8 Å². The van der Waals surface area contributed by atoms with E-state index in [2.05, 4.69) is 16.0 Å². The van der Waals surface area contributed by atoms with Gasteiger partial charge in [-0.25, -0.2) is 9.59 Å². The summed E-state index contributed by atoms with van der Waals surface area (Å²) in [6.45, 7) is 9.63. The molecule has 1 aromatic carbocycles. The Bertz CT molecular complexity index is 891. The van der Waals surface area contributed by atoms with Crippen molar-refractivity contribution in [2.45, 2.75) is 84.4 Å². The van der Waals surface area contributed by atoms with Crippen LogP contribution in [0.25, 0.3) is 0 Å². The van der Waals surface area contributed by atoms with Gasteiger partial charge in [0.15, 0.2) is 6.04 Å². The third kappa shape index (κ3) is 9.17. The zero-order chi connectivity index (χ0) is 26.9. The lowest BCUT2D eigenvalue weighted by molar-refractivity contribution is -0.143. The van der Waals surface area contributed by atoms with Crippen molar-refractivity contribution in [1.82, 2.24) is 16.0 Å². The van der Waals surface area contributed by atoms with Crippen molar-refractivity contribution in [3.8, 4) is 0 Å². The summed E-state index contributed by atoms with van der Waals surface area (Å²) in [5.74, 6) is -1.72. The number of ether oxygens (including phenoxy) is 1. The number of rotatable bonds is 10. The summed E-state index contributed by atoms with van der Waals surface area (Å²) >= 11 is 0. The van der Waals surface area contributed by atoms with Crippen LogP contribution in [0, 0.1) is 17.8 Å². The summed E-state index contributed by atoms with van der Waals surface area (Å²) in [5.41, 5.74) is -0.123. The number of benzene rings is 1. The molecule has 9 heteroatoms. The van der Waals surface area contributed by atoms with Gasteiger partial charge in [-0.05, 0) is 63.9 Å². The van der Waals surface area contributed by atoms with Crippen LogP contribution in [0.1, 0.15) is 78.3 Å². The minimum absolute atomic E-state index is 0.0660. The Morgan fingerprint density at radius 3 is 2.17 bits per heavy atom. The number of carboxylic acid groups (broad SMARTS) is 1. The van der Waals surface area contributed by atoms with Crippen molar-refractivity contribution in [2.75, 3.05) is 6.54 Å². The molecule has 3 atom stereocenters. The minimum Gasteiger partial charge on any atom is -0.479 e. The Balaban J connectivity index is 1.85. The predicted molar refractivity (Wildman–Crippen MR) is 136 cm³/mol. The maximum atomic E-state index is 12.9. The van der Waals surface area contributed by atoms with Crippen molar-refractivity contribution in [3.63, 3.8) is 0 Å². The van der Waals surface area contributed by atoms with Gasteiger partial charge in [-0.1, -0.05) is 50.6 Å². The molecule has 1 aliphatic rings. The van der Waals surface area contributed by atoms with Gasteiger partial charge < -0.3 is 25.8 Å². The number of amides is 3. The van der Waals surface area contributed by atoms with E-state index in [4.69, 9.17) is 4.74 Å². The third-order valence-electron chi connectivity index (χ3n) is 6.62. The van der Waals surface area contributed by atoms with E-state index in [1.165, 1.54) is 0 Å². The summed E-state index contributed by atoms with van der Waals surface area (Å²) in [6.07, 6.45) is 2.83. The van der Waals surface area contributed by atoms with E-state index in [1.54, 1.807) is 51.1 Å². The summed E-state index contributed by atoms with van der Waals surface area (Å²) < 4.78 is 5.31. The van der Waals surface area contributed by atoms with Crippen LogP contribution >= 0.6 is 0 Å². The predicted octanol–water partition coefficient (Wildman–Crippen LogP) is 3.79. The zero-order valence-corrected chi connectivity index (χ0v) is 22.0. The number of carboxylic acids is 1. The molecule has 1 unspecified atom stereocenters. The molecule has 200 valence electrons. The number of carbonyl (C=O) groups is 4. The first-order valence-corrected chi connectivity index (χ1v) is 12.8. The van der Waals surface area contributed by atoms with E-state index in [1.807, 2.05) is 13.8 Å².